The van der Waals surface area contributed by atoms with Gasteiger partial charge in [-0.2, -0.15) is 0 Å². The lowest BCUT2D eigenvalue weighted by Crippen LogP contribution is -2.35. The third-order valence-corrected chi connectivity index (χ3v) is 4.72. The van der Waals surface area contributed by atoms with Crippen LogP contribution in [0.4, 0.5) is 5.82 Å². The Morgan fingerprint density at radius 1 is 1.48 bits per heavy atom. The summed E-state index contributed by atoms with van der Waals surface area (Å²) in [5.41, 5.74) is -0.360. The molecule has 6 nitrogen and oxygen atoms in total. The summed E-state index contributed by atoms with van der Waals surface area (Å²) in [6, 6.07) is -0.650. The molecular formula is C14H18ClN3O3. The number of aromatic nitrogens is 2. The number of rotatable bonds is 3. The lowest BCUT2D eigenvalue weighted by atomic mass is 9.87. The summed E-state index contributed by atoms with van der Waals surface area (Å²) in [6.07, 6.45) is 3.46. The fourth-order valence-electron chi connectivity index (χ4n) is 3.13. The molecular weight excluding hydrogens is 294 g/mol. The fourth-order valence-corrected chi connectivity index (χ4v) is 3.56. The van der Waals surface area contributed by atoms with Gasteiger partial charge in [0.1, 0.15) is 6.04 Å². The SMILES string of the molecule is CC1(C)C[C@@H](C(=O)O)n2c1c(Cl)nc(NC1CCC1)c2=O. The first kappa shape index (κ1) is 14.4. The summed E-state index contributed by atoms with van der Waals surface area (Å²) in [7, 11) is 0. The zero-order valence-corrected chi connectivity index (χ0v) is 12.8. The molecule has 0 unspecified atom stereocenters. The summed E-state index contributed by atoms with van der Waals surface area (Å²) in [5, 5.41) is 12.7. The second-order valence-electron chi connectivity index (χ2n) is 6.49. The van der Waals surface area contributed by atoms with Crippen LogP contribution in [0.3, 0.4) is 0 Å². The monoisotopic (exact) mass is 311 g/mol. The molecule has 2 N–H and O–H groups in total. The summed E-state index contributed by atoms with van der Waals surface area (Å²) in [4.78, 5) is 28.3. The number of hydrogen-bond donors (Lipinski definition) is 2. The first-order chi connectivity index (χ1) is 9.81. The van der Waals surface area contributed by atoms with Crippen LogP contribution in [0.25, 0.3) is 0 Å². The van der Waals surface area contributed by atoms with Crippen molar-refractivity contribution in [1.82, 2.24) is 9.55 Å². The number of hydrogen-bond acceptors (Lipinski definition) is 4. The van der Waals surface area contributed by atoms with Gasteiger partial charge in [-0.3, -0.25) is 9.36 Å². The molecule has 1 aliphatic carbocycles. The maximum atomic E-state index is 12.6. The van der Waals surface area contributed by atoms with Crippen LogP contribution in [0.1, 0.15) is 51.3 Å². The van der Waals surface area contributed by atoms with Crippen molar-refractivity contribution >= 4 is 23.4 Å². The average molecular weight is 312 g/mol. The summed E-state index contributed by atoms with van der Waals surface area (Å²) >= 11 is 6.24. The molecule has 3 rings (SSSR count). The zero-order chi connectivity index (χ0) is 15.4. The highest BCUT2D eigenvalue weighted by Gasteiger charge is 2.44. The van der Waals surface area contributed by atoms with Gasteiger partial charge in [-0.1, -0.05) is 25.4 Å². The van der Waals surface area contributed by atoms with Crippen molar-refractivity contribution < 1.29 is 9.90 Å². The molecule has 0 spiro atoms. The van der Waals surface area contributed by atoms with E-state index in [1.807, 2.05) is 13.8 Å². The number of carboxylic acid groups (broad SMARTS) is 1. The molecule has 7 heteroatoms. The maximum absolute atomic E-state index is 12.6. The fraction of sp³-hybridized carbons (Fsp3) is 0.643. The van der Waals surface area contributed by atoms with Crippen molar-refractivity contribution in [2.24, 2.45) is 0 Å². The van der Waals surface area contributed by atoms with Crippen LogP contribution < -0.4 is 10.9 Å². The number of carbonyl (C=O) groups is 1. The van der Waals surface area contributed by atoms with Gasteiger partial charge in [0, 0.05) is 11.5 Å². The van der Waals surface area contributed by atoms with Crippen LogP contribution in [0.5, 0.6) is 0 Å². The number of anilines is 1. The second kappa shape index (κ2) is 4.73. The molecule has 1 aromatic heterocycles. The second-order valence-corrected chi connectivity index (χ2v) is 6.85. The van der Waals surface area contributed by atoms with Crippen LogP contribution in [-0.4, -0.2) is 26.7 Å². The van der Waals surface area contributed by atoms with Crippen LogP contribution in [-0.2, 0) is 10.2 Å². The highest BCUT2D eigenvalue weighted by atomic mass is 35.5. The molecule has 0 radical (unpaired) electrons. The smallest absolute Gasteiger partial charge is 0.326 e. The highest BCUT2D eigenvalue weighted by Crippen LogP contribution is 2.42. The summed E-state index contributed by atoms with van der Waals surface area (Å²) in [5.74, 6) is -0.849. The first-order valence-corrected chi connectivity index (χ1v) is 7.51. The van der Waals surface area contributed by atoms with E-state index in [9.17, 15) is 14.7 Å². The standard InChI is InChI=1S/C14H18ClN3O3/c1-14(2)6-8(13(20)21)18-9(14)10(15)17-11(12(18)19)16-7-4-3-5-7/h7-8H,3-6H2,1-2H3,(H,16,17)(H,20,21)/t8-/m0/s1. The molecule has 0 amide bonds. The third kappa shape index (κ3) is 2.21. The number of carboxylic acids is 1. The lowest BCUT2D eigenvalue weighted by molar-refractivity contribution is -0.140. The maximum Gasteiger partial charge on any atom is 0.326 e. The van der Waals surface area contributed by atoms with E-state index in [0.717, 1.165) is 19.3 Å². The topological polar surface area (TPSA) is 84.2 Å². The molecule has 2 aliphatic rings. The normalized spacial score (nSPS) is 23.5. The van der Waals surface area contributed by atoms with Gasteiger partial charge in [0.15, 0.2) is 11.0 Å². The van der Waals surface area contributed by atoms with Gasteiger partial charge in [0.25, 0.3) is 5.56 Å². The Kier molecular flexibility index (Phi) is 3.24. The third-order valence-electron chi connectivity index (χ3n) is 4.46. The Morgan fingerprint density at radius 2 is 2.14 bits per heavy atom. The van der Waals surface area contributed by atoms with E-state index in [-0.39, 0.29) is 22.6 Å². The van der Waals surface area contributed by atoms with Gasteiger partial charge in [-0.25, -0.2) is 9.78 Å². The predicted octanol–water partition coefficient (Wildman–Crippen LogP) is 2.17. The number of nitrogens with one attached hydrogen (secondary N) is 1. The van der Waals surface area contributed by atoms with Gasteiger partial charge < -0.3 is 10.4 Å². The largest absolute Gasteiger partial charge is 0.480 e. The molecule has 21 heavy (non-hydrogen) atoms. The van der Waals surface area contributed by atoms with Crippen LogP contribution >= 0.6 is 11.6 Å². The van der Waals surface area contributed by atoms with E-state index >= 15 is 0 Å². The van der Waals surface area contributed by atoms with Crippen molar-refractivity contribution in [2.75, 3.05) is 5.32 Å². The predicted molar refractivity (Wildman–Crippen MR) is 79.1 cm³/mol. The van der Waals surface area contributed by atoms with Crippen LogP contribution in [0.2, 0.25) is 5.15 Å². The van der Waals surface area contributed by atoms with Crippen molar-refractivity contribution in [2.45, 2.75) is 57.0 Å². The van der Waals surface area contributed by atoms with Crippen LogP contribution in [0, 0.1) is 0 Å². The molecule has 114 valence electrons. The average Bonchev–Trinajstić information content (AvgIpc) is 2.62. The van der Waals surface area contributed by atoms with E-state index in [4.69, 9.17) is 11.6 Å². The molecule has 1 saturated carbocycles. The Balaban J connectivity index is 2.13. The van der Waals surface area contributed by atoms with Gasteiger partial charge in [0.05, 0.1) is 5.69 Å². The Labute approximate surface area is 127 Å². The number of fused-ring (bicyclic) bond motifs is 1. The van der Waals surface area contributed by atoms with Gasteiger partial charge in [-0.15, -0.1) is 0 Å². The van der Waals surface area contributed by atoms with Crippen molar-refractivity contribution in [3.05, 3.63) is 21.2 Å². The molecule has 2 heterocycles. The quantitative estimate of drug-likeness (QED) is 0.893. The zero-order valence-electron chi connectivity index (χ0n) is 12.0. The summed E-state index contributed by atoms with van der Waals surface area (Å²) < 4.78 is 1.30. The first-order valence-electron chi connectivity index (χ1n) is 7.13. The van der Waals surface area contributed by atoms with Gasteiger partial charge in [-0.05, 0) is 25.7 Å². The number of aliphatic carboxylic acids is 1. The molecule has 1 fully saturated rings. The number of nitrogens with zero attached hydrogens (tertiary/aromatic N) is 2. The van der Waals surface area contributed by atoms with Crippen molar-refractivity contribution in [3.8, 4) is 0 Å². The molecule has 0 aromatic carbocycles. The molecule has 1 aliphatic heterocycles. The van der Waals surface area contributed by atoms with Crippen molar-refractivity contribution in [3.63, 3.8) is 0 Å². The Bertz CT molecular complexity index is 664. The Hall–Kier alpha value is -1.56. The molecule has 1 aromatic rings. The molecule has 0 saturated heterocycles. The minimum Gasteiger partial charge on any atom is -0.480 e. The van der Waals surface area contributed by atoms with E-state index in [0.29, 0.717) is 12.1 Å². The Morgan fingerprint density at radius 3 is 2.67 bits per heavy atom. The molecule has 0 bridgehead atoms. The molecule has 1 atom stereocenters. The summed E-state index contributed by atoms with van der Waals surface area (Å²) in [6.45, 7) is 3.77. The van der Waals surface area contributed by atoms with Crippen molar-refractivity contribution in [1.29, 1.82) is 0 Å². The highest BCUT2D eigenvalue weighted by molar-refractivity contribution is 6.30. The van der Waals surface area contributed by atoms with E-state index in [2.05, 4.69) is 10.3 Å². The lowest BCUT2D eigenvalue weighted by Gasteiger charge is -2.27. The van der Waals surface area contributed by atoms with Gasteiger partial charge >= 0.3 is 5.97 Å². The minimum atomic E-state index is -1.01. The van der Waals surface area contributed by atoms with Gasteiger partial charge in [0.2, 0.25) is 0 Å². The van der Waals surface area contributed by atoms with E-state index in [1.54, 1.807) is 0 Å². The minimum absolute atomic E-state index is 0.164. The van der Waals surface area contributed by atoms with E-state index < -0.39 is 17.4 Å². The number of halogens is 1. The van der Waals surface area contributed by atoms with E-state index in [1.165, 1.54) is 4.57 Å². The van der Waals surface area contributed by atoms with Crippen LogP contribution in [0.15, 0.2) is 4.79 Å².